The van der Waals surface area contributed by atoms with Gasteiger partial charge in [-0.05, 0) is 74.6 Å². The average Bonchev–Trinajstić information content (AvgIpc) is 3.67. The molecule has 0 aromatic heterocycles. The second kappa shape index (κ2) is 11.0. The van der Waals surface area contributed by atoms with Gasteiger partial charge in [-0.25, -0.2) is 9.18 Å². The first-order valence-corrected chi connectivity index (χ1v) is 11.6. The first-order chi connectivity index (χ1) is 14.5. The average molecular weight is 438 g/mol. The Labute approximate surface area is 182 Å². The second-order valence-electron chi connectivity index (χ2n) is 8.31. The summed E-state index contributed by atoms with van der Waals surface area (Å²) in [6.45, 7) is 1.32. The zero-order valence-electron chi connectivity index (χ0n) is 17.6. The van der Waals surface area contributed by atoms with Crippen molar-refractivity contribution < 1.29 is 18.7 Å². The van der Waals surface area contributed by atoms with Crippen molar-refractivity contribution >= 4 is 24.3 Å². The molecular weight excluding hydrogens is 405 g/mol. The van der Waals surface area contributed by atoms with E-state index in [1.807, 2.05) is 0 Å². The maximum absolute atomic E-state index is 13.9. The second-order valence-corrected chi connectivity index (χ2v) is 9.19. The molecule has 1 aromatic carbocycles. The molecule has 0 unspecified atom stereocenters. The normalized spacial score (nSPS) is 16.7. The molecule has 0 bridgehead atoms. The van der Waals surface area contributed by atoms with E-state index in [-0.39, 0.29) is 23.9 Å². The van der Waals surface area contributed by atoms with Crippen molar-refractivity contribution in [2.45, 2.75) is 61.8 Å². The molecule has 0 saturated heterocycles. The molecule has 0 spiro atoms. The van der Waals surface area contributed by atoms with Gasteiger partial charge in [-0.2, -0.15) is 0 Å². The molecular formula is C22H32FN3O3S. The van der Waals surface area contributed by atoms with Crippen LogP contribution in [0, 0.1) is 11.7 Å². The molecule has 0 heterocycles. The fourth-order valence-electron chi connectivity index (χ4n) is 3.34. The summed E-state index contributed by atoms with van der Waals surface area (Å²) in [7, 11) is 1.57. The number of amides is 2. The van der Waals surface area contributed by atoms with Crippen molar-refractivity contribution in [1.29, 1.82) is 0 Å². The molecule has 0 aliphatic heterocycles. The minimum Gasteiger partial charge on any atom is -0.490 e. The Bertz CT molecular complexity index is 726. The Morgan fingerprint density at radius 1 is 1.33 bits per heavy atom. The number of hydrogen-bond donors (Lipinski definition) is 2. The van der Waals surface area contributed by atoms with Crippen LogP contribution in [0.25, 0.3) is 0 Å². The highest BCUT2D eigenvalue weighted by atomic mass is 32.2. The number of ether oxygens (including phenoxy) is 1. The van der Waals surface area contributed by atoms with Gasteiger partial charge >= 0.3 is 6.03 Å². The summed E-state index contributed by atoms with van der Waals surface area (Å²) in [4.78, 5) is 24.9. The smallest absolute Gasteiger partial charge is 0.317 e. The van der Waals surface area contributed by atoms with E-state index >= 15 is 0 Å². The lowest BCUT2D eigenvalue weighted by atomic mass is 10.1. The Hall–Kier alpha value is -1.80. The van der Waals surface area contributed by atoms with Gasteiger partial charge in [0, 0.05) is 24.0 Å². The van der Waals surface area contributed by atoms with E-state index in [9.17, 15) is 14.0 Å². The fraction of sp³-hybridized carbons (Fsp3) is 0.636. The third-order valence-electron chi connectivity index (χ3n) is 5.69. The molecule has 2 aliphatic rings. The molecule has 6 nitrogen and oxygen atoms in total. The van der Waals surface area contributed by atoms with Gasteiger partial charge in [-0.15, -0.1) is 0 Å². The summed E-state index contributed by atoms with van der Waals surface area (Å²) in [6.07, 6.45) is 9.43. The van der Waals surface area contributed by atoms with Crippen molar-refractivity contribution in [3.8, 4) is 5.75 Å². The van der Waals surface area contributed by atoms with Gasteiger partial charge in [0.25, 0.3) is 0 Å². The van der Waals surface area contributed by atoms with Crippen LogP contribution >= 0.6 is 11.9 Å². The largest absolute Gasteiger partial charge is 0.490 e. The molecule has 2 fully saturated rings. The van der Waals surface area contributed by atoms with Gasteiger partial charge in [0.15, 0.2) is 11.6 Å². The van der Waals surface area contributed by atoms with E-state index in [1.54, 1.807) is 31.1 Å². The Balaban J connectivity index is 1.36. The quantitative estimate of drug-likeness (QED) is 0.260. The molecule has 2 N–H and O–H groups in total. The van der Waals surface area contributed by atoms with Crippen LogP contribution in [0.3, 0.4) is 0 Å². The van der Waals surface area contributed by atoms with Gasteiger partial charge in [-0.3, -0.25) is 4.72 Å². The minimum absolute atomic E-state index is 0.131. The topological polar surface area (TPSA) is 70.7 Å². The predicted molar refractivity (Wildman–Crippen MR) is 116 cm³/mol. The zero-order valence-corrected chi connectivity index (χ0v) is 18.4. The van der Waals surface area contributed by atoms with Crippen molar-refractivity contribution in [1.82, 2.24) is 14.9 Å². The number of carbonyl (C=O) groups excluding carboxylic acids is 2. The first-order valence-electron chi connectivity index (χ1n) is 10.8. The number of benzene rings is 1. The molecule has 2 amide bonds. The van der Waals surface area contributed by atoms with E-state index in [2.05, 4.69) is 10.0 Å². The highest BCUT2D eigenvalue weighted by molar-refractivity contribution is 7.97. The molecule has 2 aliphatic carbocycles. The first kappa shape index (κ1) is 22.9. The molecule has 166 valence electrons. The van der Waals surface area contributed by atoms with Crippen LogP contribution in [0.1, 0.15) is 51.4 Å². The number of halogens is 1. The number of nitrogens with one attached hydrogen (secondary N) is 2. The van der Waals surface area contributed by atoms with Crippen LogP contribution in [0.4, 0.5) is 9.18 Å². The number of hydrogen-bond acceptors (Lipinski definition) is 5. The lowest BCUT2D eigenvalue weighted by Gasteiger charge is -2.20. The van der Waals surface area contributed by atoms with E-state index in [1.165, 1.54) is 23.8 Å². The number of rotatable bonds is 14. The van der Waals surface area contributed by atoms with Gasteiger partial charge in [0.2, 0.25) is 0 Å². The molecule has 30 heavy (non-hydrogen) atoms. The molecule has 0 radical (unpaired) electrons. The van der Waals surface area contributed by atoms with Gasteiger partial charge < -0.3 is 19.7 Å². The standard InChI is InChI=1S/C22H32FN3O3S/c1-24-21(28)26(13-14-27)12-4-2-3-9-22(10-11-22)25-30-18-7-8-19(23)20(15-18)29-16-17-5-6-17/h7-8,14-15,17,25H,2-6,9-13,16H2,1H3,(H,24,28). The van der Waals surface area contributed by atoms with Gasteiger partial charge in [0.05, 0.1) is 13.2 Å². The number of nitrogens with zero attached hydrogens (tertiary/aromatic N) is 1. The Morgan fingerprint density at radius 2 is 2.13 bits per heavy atom. The lowest BCUT2D eigenvalue weighted by Crippen LogP contribution is -2.39. The third-order valence-corrected chi connectivity index (χ3v) is 6.72. The number of unbranched alkanes of at least 4 members (excludes halogenated alkanes) is 2. The lowest BCUT2D eigenvalue weighted by molar-refractivity contribution is -0.108. The Morgan fingerprint density at radius 3 is 2.80 bits per heavy atom. The predicted octanol–water partition coefficient (Wildman–Crippen LogP) is 4.14. The summed E-state index contributed by atoms with van der Waals surface area (Å²) in [6, 6.07) is 4.83. The third kappa shape index (κ3) is 7.16. The van der Waals surface area contributed by atoms with Crippen LogP contribution in [0.2, 0.25) is 0 Å². The number of urea groups is 1. The maximum Gasteiger partial charge on any atom is 0.317 e. The molecule has 1 aromatic rings. The van der Waals surface area contributed by atoms with Crippen LogP contribution in [0.5, 0.6) is 5.75 Å². The van der Waals surface area contributed by atoms with E-state index < -0.39 is 0 Å². The molecule has 2 saturated carbocycles. The summed E-state index contributed by atoms with van der Waals surface area (Å²) < 4.78 is 23.1. The molecule has 3 rings (SSSR count). The van der Waals surface area contributed by atoms with E-state index in [0.29, 0.717) is 24.8 Å². The van der Waals surface area contributed by atoms with Crippen LogP contribution in [-0.2, 0) is 4.79 Å². The van der Waals surface area contributed by atoms with Crippen molar-refractivity contribution in [3.63, 3.8) is 0 Å². The fourth-order valence-corrected chi connectivity index (χ4v) is 4.28. The van der Waals surface area contributed by atoms with Crippen molar-refractivity contribution in [3.05, 3.63) is 24.0 Å². The highest BCUT2D eigenvalue weighted by Gasteiger charge is 2.41. The molecule has 8 heteroatoms. The van der Waals surface area contributed by atoms with E-state index in [0.717, 1.165) is 49.7 Å². The summed E-state index contributed by atoms with van der Waals surface area (Å²) >= 11 is 1.55. The van der Waals surface area contributed by atoms with Gasteiger partial charge in [0.1, 0.15) is 6.29 Å². The van der Waals surface area contributed by atoms with Crippen LogP contribution < -0.4 is 14.8 Å². The SMILES string of the molecule is CNC(=O)N(CC=O)CCCCCC1(NSc2ccc(F)c(OCC3CC3)c2)CC1. The molecule has 0 atom stereocenters. The van der Waals surface area contributed by atoms with Gasteiger partial charge in [-0.1, -0.05) is 12.8 Å². The summed E-state index contributed by atoms with van der Waals surface area (Å²) in [5, 5.41) is 2.56. The van der Waals surface area contributed by atoms with Crippen LogP contribution in [0.15, 0.2) is 23.1 Å². The number of aldehydes is 1. The zero-order chi connectivity index (χ0) is 21.4. The minimum atomic E-state index is -0.304. The monoisotopic (exact) mass is 437 g/mol. The summed E-state index contributed by atoms with van der Waals surface area (Å²) in [5.74, 6) is 0.631. The van der Waals surface area contributed by atoms with Crippen molar-refractivity contribution in [2.75, 3.05) is 26.7 Å². The Kier molecular flexibility index (Phi) is 8.39. The van der Waals surface area contributed by atoms with E-state index in [4.69, 9.17) is 4.74 Å². The highest BCUT2D eigenvalue weighted by Crippen LogP contribution is 2.43. The maximum atomic E-state index is 13.9. The summed E-state index contributed by atoms with van der Waals surface area (Å²) in [5.41, 5.74) is 0.150. The number of carbonyl (C=O) groups is 2. The van der Waals surface area contributed by atoms with Crippen molar-refractivity contribution in [2.24, 2.45) is 5.92 Å². The van der Waals surface area contributed by atoms with Crippen LogP contribution in [-0.4, -0.2) is 49.5 Å².